The molecule has 0 aliphatic rings. The van der Waals surface area contributed by atoms with Gasteiger partial charge in [-0.1, -0.05) is 24.3 Å². The maximum absolute atomic E-state index is 5.53. The Balaban J connectivity index is 1.60. The zero-order valence-electron chi connectivity index (χ0n) is 11.6. The second kappa shape index (κ2) is 5.88. The molecule has 0 saturated heterocycles. The molecule has 0 bridgehead atoms. The number of aromatic nitrogens is 1. The molecule has 0 saturated carbocycles. The van der Waals surface area contributed by atoms with Crippen molar-refractivity contribution in [2.75, 3.05) is 6.54 Å². The highest BCUT2D eigenvalue weighted by Gasteiger charge is 2.02. The summed E-state index contributed by atoms with van der Waals surface area (Å²) in [5.41, 5.74) is 2.39. The van der Waals surface area contributed by atoms with E-state index in [-0.39, 0.29) is 0 Å². The molecule has 102 valence electrons. The van der Waals surface area contributed by atoms with Crippen molar-refractivity contribution in [3.05, 3.63) is 65.7 Å². The van der Waals surface area contributed by atoms with E-state index in [0.717, 1.165) is 36.5 Å². The second-order valence-corrected chi connectivity index (χ2v) is 4.93. The summed E-state index contributed by atoms with van der Waals surface area (Å²) in [6, 6.07) is 14.4. The van der Waals surface area contributed by atoms with Gasteiger partial charge in [0.2, 0.25) is 0 Å². The third-order valence-corrected chi connectivity index (χ3v) is 3.38. The van der Waals surface area contributed by atoms with E-state index in [9.17, 15) is 0 Å². The minimum Gasteiger partial charge on any atom is -0.465 e. The predicted molar refractivity (Wildman–Crippen MR) is 80.6 cm³/mol. The van der Waals surface area contributed by atoms with Gasteiger partial charge in [0.1, 0.15) is 11.5 Å². The minimum atomic E-state index is 0.770. The lowest BCUT2D eigenvalue weighted by Crippen LogP contribution is -2.16. The maximum atomic E-state index is 5.53. The second-order valence-electron chi connectivity index (χ2n) is 4.93. The van der Waals surface area contributed by atoms with Crippen LogP contribution in [-0.4, -0.2) is 11.5 Å². The first-order valence-electron chi connectivity index (χ1n) is 6.91. The molecular formula is C17H18N2O. The maximum Gasteiger partial charge on any atom is 0.117 e. The monoisotopic (exact) mass is 266 g/mol. The summed E-state index contributed by atoms with van der Waals surface area (Å²) in [4.78, 5) is 4.48. The molecule has 0 unspecified atom stereocenters. The lowest BCUT2D eigenvalue weighted by Gasteiger charge is -2.06. The molecule has 0 atom stereocenters. The number of nitrogens with one attached hydrogen (secondary N) is 1. The van der Waals surface area contributed by atoms with Crippen molar-refractivity contribution in [3.63, 3.8) is 0 Å². The predicted octanol–water partition coefficient (Wildman–Crippen LogP) is 3.47. The van der Waals surface area contributed by atoms with Gasteiger partial charge in [-0.3, -0.25) is 4.98 Å². The lowest BCUT2D eigenvalue weighted by molar-refractivity contribution is 0.463. The van der Waals surface area contributed by atoms with Gasteiger partial charge in [0.05, 0.1) is 12.1 Å². The summed E-state index contributed by atoms with van der Waals surface area (Å²) in [6.45, 7) is 3.65. The van der Waals surface area contributed by atoms with Gasteiger partial charge in [0.15, 0.2) is 0 Å². The molecule has 1 N–H and O–H groups in total. The van der Waals surface area contributed by atoms with Crippen LogP contribution < -0.4 is 5.32 Å². The molecule has 0 aliphatic carbocycles. The fourth-order valence-corrected chi connectivity index (χ4v) is 2.38. The molecule has 3 heteroatoms. The Morgan fingerprint density at radius 2 is 2.00 bits per heavy atom. The van der Waals surface area contributed by atoms with Gasteiger partial charge in [-0.15, -0.1) is 0 Å². The van der Waals surface area contributed by atoms with Crippen LogP contribution in [0.3, 0.4) is 0 Å². The van der Waals surface area contributed by atoms with E-state index in [0.29, 0.717) is 0 Å². The molecule has 2 aromatic heterocycles. The van der Waals surface area contributed by atoms with Crippen LogP contribution in [0.25, 0.3) is 10.9 Å². The number of nitrogens with zero attached hydrogens (tertiary/aromatic N) is 1. The van der Waals surface area contributed by atoms with Crippen LogP contribution in [0.15, 0.2) is 53.1 Å². The third kappa shape index (κ3) is 2.89. The number of hydrogen-bond donors (Lipinski definition) is 1. The highest BCUT2D eigenvalue weighted by Crippen LogP contribution is 2.16. The highest BCUT2D eigenvalue weighted by molar-refractivity contribution is 5.81. The topological polar surface area (TPSA) is 38.1 Å². The number of para-hydroxylation sites is 1. The smallest absolute Gasteiger partial charge is 0.117 e. The summed E-state index contributed by atoms with van der Waals surface area (Å²) in [5.74, 6) is 1.94. The molecule has 3 rings (SSSR count). The van der Waals surface area contributed by atoms with Crippen LogP contribution in [-0.2, 0) is 13.0 Å². The molecule has 3 aromatic rings. The van der Waals surface area contributed by atoms with E-state index in [1.54, 1.807) is 0 Å². The van der Waals surface area contributed by atoms with Gasteiger partial charge in [-0.05, 0) is 43.7 Å². The highest BCUT2D eigenvalue weighted by atomic mass is 16.3. The first-order valence-corrected chi connectivity index (χ1v) is 6.91. The normalized spacial score (nSPS) is 11.1. The van der Waals surface area contributed by atoms with Gasteiger partial charge >= 0.3 is 0 Å². The fraction of sp³-hybridized carbons (Fsp3) is 0.235. The van der Waals surface area contributed by atoms with E-state index in [1.807, 2.05) is 31.3 Å². The summed E-state index contributed by atoms with van der Waals surface area (Å²) < 4.78 is 5.53. The number of fused-ring (bicyclic) bond motifs is 1. The number of pyridine rings is 1. The van der Waals surface area contributed by atoms with E-state index in [4.69, 9.17) is 4.42 Å². The van der Waals surface area contributed by atoms with Gasteiger partial charge in [0, 0.05) is 11.6 Å². The Kier molecular flexibility index (Phi) is 3.79. The largest absolute Gasteiger partial charge is 0.465 e. The summed E-state index contributed by atoms with van der Waals surface area (Å²) in [7, 11) is 0. The molecule has 2 heterocycles. The van der Waals surface area contributed by atoms with E-state index >= 15 is 0 Å². The van der Waals surface area contributed by atoms with Gasteiger partial charge in [-0.25, -0.2) is 0 Å². The SMILES string of the molecule is Cc1ccc(CNCCc2cccc3cccnc23)o1. The number of furan rings is 1. The molecule has 20 heavy (non-hydrogen) atoms. The molecule has 0 fully saturated rings. The summed E-state index contributed by atoms with van der Waals surface area (Å²) >= 11 is 0. The molecule has 3 nitrogen and oxygen atoms in total. The summed E-state index contributed by atoms with van der Waals surface area (Å²) in [5, 5.41) is 4.61. The Hall–Kier alpha value is -2.13. The van der Waals surface area contributed by atoms with Crippen LogP contribution in [0.4, 0.5) is 0 Å². The van der Waals surface area contributed by atoms with Crippen LogP contribution in [0, 0.1) is 6.92 Å². The number of rotatable bonds is 5. The number of hydrogen-bond acceptors (Lipinski definition) is 3. The molecular weight excluding hydrogens is 248 g/mol. The van der Waals surface area contributed by atoms with Crippen molar-refractivity contribution in [2.45, 2.75) is 19.9 Å². The van der Waals surface area contributed by atoms with E-state index < -0.39 is 0 Å². The van der Waals surface area contributed by atoms with Gasteiger partial charge < -0.3 is 9.73 Å². The van der Waals surface area contributed by atoms with Gasteiger partial charge in [-0.2, -0.15) is 0 Å². The quantitative estimate of drug-likeness (QED) is 0.719. The number of benzene rings is 1. The Labute approximate surface area is 118 Å². The average molecular weight is 266 g/mol. The Bertz CT molecular complexity index is 698. The minimum absolute atomic E-state index is 0.770. The zero-order chi connectivity index (χ0) is 13.8. The Morgan fingerprint density at radius 1 is 1.10 bits per heavy atom. The fourth-order valence-electron chi connectivity index (χ4n) is 2.38. The molecule has 0 radical (unpaired) electrons. The van der Waals surface area contributed by atoms with Crippen molar-refractivity contribution < 1.29 is 4.42 Å². The third-order valence-electron chi connectivity index (χ3n) is 3.38. The van der Waals surface area contributed by atoms with Crippen LogP contribution >= 0.6 is 0 Å². The lowest BCUT2D eigenvalue weighted by atomic mass is 10.1. The molecule has 0 aliphatic heterocycles. The van der Waals surface area contributed by atoms with Gasteiger partial charge in [0.25, 0.3) is 0 Å². The number of aryl methyl sites for hydroxylation is 1. The van der Waals surface area contributed by atoms with Crippen molar-refractivity contribution in [2.24, 2.45) is 0 Å². The Morgan fingerprint density at radius 3 is 2.85 bits per heavy atom. The molecule has 0 spiro atoms. The average Bonchev–Trinajstić information content (AvgIpc) is 2.89. The van der Waals surface area contributed by atoms with Crippen molar-refractivity contribution in [1.29, 1.82) is 0 Å². The molecule has 1 aromatic carbocycles. The van der Waals surface area contributed by atoms with E-state index in [2.05, 4.69) is 34.6 Å². The van der Waals surface area contributed by atoms with Crippen LogP contribution in [0.1, 0.15) is 17.1 Å². The zero-order valence-corrected chi connectivity index (χ0v) is 11.6. The standard InChI is InChI=1S/C17H18N2O/c1-13-7-8-16(20-13)12-18-11-9-15-5-2-4-14-6-3-10-19-17(14)15/h2-8,10,18H,9,11-12H2,1H3. The van der Waals surface area contributed by atoms with Crippen LogP contribution in [0.5, 0.6) is 0 Å². The first-order chi connectivity index (χ1) is 9.83. The van der Waals surface area contributed by atoms with Crippen molar-refractivity contribution >= 4 is 10.9 Å². The first kappa shape index (κ1) is 12.9. The van der Waals surface area contributed by atoms with E-state index in [1.165, 1.54) is 10.9 Å². The summed E-state index contributed by atoms with van der Waals surface area (Å²) in [6.07, 6.45) is 2.82. The molecule has 0 amide bonds. The van der Waals surface area contributed by atoms with Crippen molar-refractivity contribution in [3.8, 4) is 0 Å². The van der Waals surface area contributed by atoms with Crippen molar-refractivity contribution in [1.82, 2.24) is 10.3 Å². The van der Waals surface area contributed by atoms with Crippen LogP contribution in [0.2, 0.25) is 0 Å².